The van der Waals surface area contributed by atoms with E-state index in [1.54, 1.807) is 12.3 Å². The molecule has 0 aliphatic carbocycles. The number of nitrogen functional groups attached to an aromatic ring is 1. The summed E-state index contributed by atoms with van der Waals surface area (Å²) >= 11 is 12.4. The highest BCUT2D eigenvalue weighted by Gasteiger charge is 2.13. The van der Waals surface area contributed by atoms with Crippen LogP contribution in [0.2, 0.25) is 10.0 Å². The van der Waals surface area contributed by atoms with Crippen molar-refractivity contribution in [2.45, 2.75) is 6.54 Å². The largest absolute Gasteiger partial charge is 0.384 e. The van der Waals surface area contributed by atoms with E-state index in [4.69, 9.17) is 34.3 Å². The van der Waals surface area contributed by atoms with E-state index < -0.39 is 0 Å². The Kier molecular flexibility index (Phi) is 4.37. The van der Waals surface area contributed by atoms with Crippen LogP contribution in [0.1, 0.15) is 11.1 Å². The number of hydrogen-bond acceptors (Lipinski definition) is 2. The molecule has 0 atom stereocenters. The molecule has 2 aromatic carbocycles. The maximum Gasteiger partial charge on any atom is 0.141 e. The number of aromatic nitrogens is 2. The van der Waals surface area contributed by atoms with Gasteiger partial charge in [-0.3, -0.25) is 5.41 Å². The van der Waals surface area contributed by atoms with E-state index in [0.717, 1.165) is 17.0 Å². The summed E-state index contributed by atoms with van der Waals surface area (Å²) in [5.41, 5.74) is 8.08. The van der Waals surface area contributed by atoms with Gasteiger partial charge in [-0.05, 0) is 17.7 Å². The van der Waals surface area contributed by atoms with Crippen LogP contribution in [0.15, 0.2) is 54.9 Å². The Morgan fingerprint density at radius 1 is 1.13 bits per heavy atom. The number of nitrogens with zero attached hydrogens (tertiary/aromatic N) is 2. The third-order valence-corrected chi connectivity index (χ3v) is 4.38. The molecule has 0 radical (unpaired) electrons. The fourth-order valence-corrected chi connectivity index (χ4v) is 2.85. The van der Waals surface area contributed by atoms with Gasteiger partial charge >= 0.3 is 0 Å². The Hall–Kier alpha value is -2.30. The predicted octanol–water partition coefficient (Wildman–Crippen LogP) is 4.19. The van der Waals surface area contributed by atoms with Crippen molar-refractivity contribution in [1.82, 2.24) is 9.55 Å². The Bertz CT molecular complexity index is 871. The second kappa shape index (κ2) is 6.44. The van der Waals surface area contributed by atoms with E-state index in [-0.39, 0.29) is 5.84 Å². The third-order valence-electron chi connectivity index (χ3n) is 3.56. The second-order valence-corrected chi connectivity index (χ2v) is 5.84. The number of halogens is 2. The maximum absolute atomic E-state index is 7.70. The zero-order valence-corrected chi connectivity index (χ0v) is 13.6. The van der Waals surface area contributed by atoms with E-state index >= 15 is 0 Å². The van der Waals surface area contributed by atoms with Gasteiger partial charge in [0.15, 0.2) is 0 Å². The summed E-state index contributed by atoms with van der Waals surface area (Å²) in [4.78, 5) is 4.39. The summed E-state index contributed by atoms with van der Waals surface area (Å²) in [5.74, 6) is 0.763. The Morgan fingerprint density at radius 3 is 2.70 bits per heavy atom. The average molecular weight is 345 g/mol. The van der Waals surface area contributed by atoms with Crippen LogP contribution in [-0.2, 0) is 6.54 Å². The molecule has 23 heavy (non-hydrogen) atoms. The number of nitrogens with one attached hydrogen (secondary N) is 1. The van der Waals surface area contributed by atoms with Gasteiger partial charge in [0.25, 0.3) is 0 Å². The SMILES string of the molecule is N=C(N)c1ccccc1Cn1ccnc1-c1cccc(Cl)c1Cl. The van der Waals surface area contributed by atoms with Crippen molar-refractivity contribution >= 4 is 29.0 Å². The fraction of sp³-hybridized carbons (Fsp3) is 0.0588. The second-order valence-electron chi connectivity index (χ2n) is 5.05. The first-order valence-corrected chi connectivity index (χ1v) is 7.71. The van der Waals surface area contributed by atoms with Crippen molar-refractivity contribution in [3.8, 4) is 11.4 Å². The molecular formula is C17H14Cl2N4. The summed E-state index contributed by atoms with van der Waals surface area (Å²) in [7, 11) is 0. The van der Waals surface area contributed by atoms with Gasteiger partial charge in [0.1, 0.15) is 11.7 Å². The molecular weight excluding hydrogens is 331 g/mol. The third kappa shape index (κ3) is 3.09. The van der Waals surface area contributed by atoms with E-state index in [9.17, 15) is 0 Å². The monoisotopic (exact) mass is 344 g/mol. The molecule has 3 aromatic rings. The van der Waals surface area contributed by atoms with Gasteiger partial charge in [-0.15, -0.1) is 0 Å². The normalized spacial score (nSPS) is 10.7. The molecule has 0 bridgehead atoms. The van der Waals surface area contributed by atoms with Crippen LogP contribution in [0, 0.1) is 5.41 Å². The van der Waals surface area contributed by atoms with Crippen molar-refractivity contribution in [2.24, 2.45) is 5.73 Å². The first-order chi connectivity index (χ1) is 11.1. The van der Waals surface area contributed by atoms with Gasteiger partial charge in [0, 0.05) is 30.1 Å². The van der Waals surface area contributed by atoms with Crippen molar-refractivity contribution < 1.29 is 0 Å². The molecule has 6 heteroatoms. The first-order valence-electron chi connectivity index (χ1n) is 6.95. The average Bonchev–Trinajstić information content (AvgIpc) is 2.98. The number of imidazole rings is 1. The topological polar surface area (TPSA) is 67.7 Å². The molecule has 116 valence electrons. The van der Waals surface area contributed by atoms with E-state index in [1.807, 2.05) is 47.2 Å². The van der Waals surface area contributed by atoms with Crippen molar-refractivity contribution in [2.75, 3.05) is 0 Å². The number of benzene rings is 2. The van der Waals surface area contributed by atoms with Gasteiger partial charge in [-0.2, -0.15) is 0 Å². The van der Waals surface area contributed by atoms with Crippen molar-refractivity contribution in [3.05, 3.63) is 76.0 Å². The van der Waals surface area contributed by atoms with Gasteiger partial charge in [-0.25, -0.2) is 4.98 Å². The summed E-state index contributed by atoms with van der Waals surface area (Å²) < 4.78 is 1.96. The molecule has 0 amide bonds. The zero-order chi connectivity index (χ0) is 16.4. The molecule has 0 fully saturated rings. The van der Waals surface area contributed by atoms with Gasteiger partial charge in [-0.1, -0.05) is 53.5 Å². The lowest BCUT2D eigenvalue weighted by atomic mass is 10.1. The molecule has 0 aliphatic heterocycles. The van der Waals surface area contributed by atoms with Crippen LogP contribution in [-0.4, -0.2) is 15.4 Å². The smallest absolute Gasteiger partial charge is 0.141 e. The van der Waals surface area contributed by atoms with E-state index in [1.165, 1.54) is 0 Å². The molecule has 4 nitrogen and oxygen atoms in total. The highest BCUT2D eigenvalue weighted by Crippen LogP contribution is 2.32. The zero-order valence-electron chi connectivity index (χ0n) is 12.1. The highest BCUT2D eigenvalue weighted by molar-refractivity contribution is 6.43. The summed E-state index contributed by atoms with van der Waals surface area (Å²) in [6, 6.07) is 13.0. The molecule has 0 saturated heterocycles. The van der Waals surface area contributed by atoms with Crippen LogP contribution in [0.5, 0.6) is 0 Å². The van der Waals surface area contributed by atoms with Crippen LogP contribution < -0.4 is 5.73 Å². The minimum absolute atomic E-state index is 0.0445. The molecule has 3 N–H and O–H groups in total. The lowest BCUT2D eigenvalue weighted by Gasteiger charge is -2.12. The fourth-order valence-electron chi connectivity index (χ4n) is 2.46. The van der Waals surface area contributed by atoms with Crippen molar-refractivity contribution in [3.63, 3.8) is 0 Å². The Labute approximate surface area is 144 Å². The van der Waals surface area contributed by atoms with Crippen LogP contribution in [0.25, 0.3) is 11.4 Å². The number of rotatable bonds is 4. The first kappa shape index (κ1) is 15.6. The Balaban J connectivity index is 2.03. The molecule has 0 aliphatic rings. The minimum atomic E-state index is 0.0445. The minimum Gasteiger partial charge on any atom is -0.384 e. The highest BCUT2D eigenvalue weighted by atomic mass is 35.5. The molecule has 1 aromatic heterocycles. The predicted molar refractivity (Wildman–Crippen MR) is 94.2 cm³/mol. The van der Waals surface area contributed by atoms with Crippen LogP contribution in [0.3, 0.4) is 0 Å². The number of amidine groups is 1. The lowest BCUT2D eigenvalue weighted by molar-refractivity contribution is 0.805. The van der Waals surface area contributed by atoms with Crippen molar-refractivity contribution in [1.29, 1.82) is 5.41 Å². The van der Waals surface area contributed by atoms with Crippen LogP contribution >= 0.6 is 23.2 Å². The summed E-state index contributed by atoms with van der Waals surface area (Å²) in [6.07, 6.45) is 3.58. The van der Waals surface area contributed by atoms with Gasteiger partial charge < -0.3 is 10.3 Å². The maximum atomic E-state index is 7.70. The molecule has 0 spiro atoms. The lowest BCUT2D eigenvalue weighted by Crippen LogP contribution is -2.15. The quantitative estimate of drug-likeness (QED) is 0.550. The van der Waals surface area contributed by atoms with Gasteiger partial charge in [0.2, 0.25) is 0 Å². The number of nitrogens with two attached hydrogens (primary N) is 1. The summed E-state index contributed by atoms with van der Waals surface area (Å²) in [5, 5.41) is 8.66. The van der Waals surface area contributed by atoms with Gasteiger partial charge in [0.05, 0.1) is 10.0 Å². The summed E-state index contributed by atoms with van der Waals surface area (Å²) in [6.45, 7) is 0.536. The number of hydrogen-bond donors (Lipinski definition) is 2. The molecule has 0 unspecified atom stereocenters. The van der Waals surface area contributed by atoms with E-state index in [2.05, 4.69) is 4.98 Å². The molecule has 0 saturated carbocycles. The van der Waals surface area contributed by atoms with Crippen LogP contribution in [0.4, 0.5) is 0 Å². The molecule has 1 heterocycles. The standard InChI is InChI=1S/C17H14Cl2N4/c18-14-7-3-6-13(15(14)19)17-22-8-9-23(17)10-11-4-1-2-5-12(11)16(20)21/h1-9H,10H2,(H3,20,21). The Morgan fingerprint density at radius 2 is 1.91 bits per heavy atom. The van der Waals surface area contributed by atoms with E-state index in [0.29, 0.717) is 22.2 Å². The molecule has 3 rings (SSSR count).